The summed E-state index contributed by atoms with van der Waals surface area (Å²) in [5.74, 6) is -2.89. The summed E-state index contributed by atoms with van der Waals surface area (Å²) in [6, 6.07) is 1.51. The van der Waals surface area contributed by atoms with E-state index in [0.717, 1.165) is 13.0 Å². The van der Waals surface area contributed by atoms with E-state index in [9.17, 15) is 46.0 Å². The van der Waals surface area contributed by atoms with Gasteiger partial charge in [0.2, 0.25) is 12.4 Å². The Morgan fingerprint density at radius 3 is 2.31 bits per heavy atom. The fourth-order valence-electron chi connectivity index (χ4n) is 2.83. The van der Waals surface area contributed by atoms with Gasteiger partial charge in [-0.25, -0.2) is 9.59 Å². The van der Waals surface area contributed by atoms with Crippen molar-refractivity contribution in [1.29, 1.82) is 0 Å². The summed E-state index contributed by atoms with van der Waals surface area (Å²) in [4.78, 5) is 38.2. The van der Waals surface area contributed by atoms with E-state index in [-0.39, 0.29) is 11.1 Å². The van der Waals surface area contributed by atoms with Crippen molar-refractivity contribution in [2.24, 2.45) is 0 Å². The molecule has 0 spiro atoms. The van der Waals surface area contributed by atoms with Gasteiger partial charge in [0.1, 0.15) is 24.2 Å². The number of alkyl halides is 6. The maximum absolute atomic E-state index is 13.6. The number of fused-ring (bicyclic) bond motifs is 1. The Hall–Kier alpha value is -3.92. The lowest BCUT2D eigenvalue weighted by molar-refractivity contribution is -0.759. The highest BCUT2D eigenvalue weighted by Crippen LogP contribution is 2.41. The third-order valence-electron chi connectivity index (χ3n) is 4.12. The molecule has 3 atom stereocenters. The van der Waals surface area contributed by atoms with Gasteiger partial charge >= 0.3 is 24.7 Å². The average molecular weight is 533 g/mol. The monoisotopic (exact) mass is 533 g/mol. The van der Waals surface area contributed by atoms with Crippen molar-refractivity contribution in [2.45, 2.75) is 51.8 Å². The molecule has 0 saturated heterocycles. The Morgan fingerprint density at radius 2 is 1.75 bits per heavy atom. The Kier molecular flexibility index (Phi) is 8.48. The van der Waals surface area contributed by atoms with Gasteiger partial charge in [0, 0.05) is 12.5 Å². The Morgan fingerprint density at radius 1 is 1.11 bits per heavy atom. The van der Waals surface area contributed by atoms with Crippen LogP contribution in [0.5, 0.6) is 11.5 Å². The van der Waals surface area contributed by atoms with Crippen molar-refractivity contribution in [1.82, 2.24) is 0 Å². The number of halogens is 6. The molecule has 36 heavy (non-hydrogen) atoms. The summed E-state index contributed by atoms with van der Waals surface area (Å²) in [7, 11) is 0. The van der Waals surface area contributed by atoms with Crippen LogP contribution in [-0.4, -0.2) is 54.9 Å². The minimum Gasteiger partial charge on any atom is -0.475 e. The second-order valence-corrected chi connectivity index (χ2v) is 7.13. The molecule has 0 radical (unpaired) electrons. The van der Waals surface area contributed by atoms with E-state index < -0.39 is 71.9 Å². The maximum atomic E-state index is 13.6. The third-order valence-corrected chi connectivity index (χ3v) is 4.12. The Balaban J connectivity index is 2.21. The van der Waals surface area contributed by atoms with Crippen LogP contribution in [0.2, 0.25) is 0 Å². The van der Waals surface area contributed by atoms with Gasteiger partial charge in [-0.2, -0.15) is 13.2 Å². The highest BCUT2D eigenvalue weighted by molar-refractivity contribution is 5.96. The molecule has 0 saturated carbocycles. The zero-order chi connectivity index (χ0) is 27.4. The van der Waals surface area contributed by atoms with Crippen LogP contribution in [0.3, 0.4) is 0 Å². The smallest absolute Gasteiger partial charge is 0.475 e. The highest BCUT2D eigenvalue weighted by atomic mass is 19.4. The predicted octanol–water partition coefficient (Wildman–Crippen LogP) is 4.24. The number of nitrogens with zero attached hydrogens (tertiary/aromatic N) is 1. The molecule has 0 aromatic heterocycles. The van der Waals surface area contributed by atoms with E-state index in [2.05, 4.69) is 23.8 Å². The quantitative estimate of drug-likeness (QED) is 0.157. The van der Waals surface area contributed by atoms with Crippen molar-refractivity contribution in [3.8, 4) is 11.5 Å². The summed E-state index contributed by atoms with van der Waals surface area (Å²) >= 11 is 0. The molecule has 1 aliphatic rings. The fourth-order valence-corrected chi connectivity index (χ4v) is 2.83. The molecule has 11 nitrogen and oxygen atoms in total. The summed E-state index contributed by atoms with van der Waals surface area (Å²) in [5, 5.41) is 8.96. The molecule has 17 heteroatoms. The van der Waals surface area contributed by atoms with Crippen molar-refractivity contribution in [3.05, 3.63) is 38.9 Å². The molecule has 2 rings (SSSR count). The van der Waals surface area contributed by atoms with E-state index in [0.29, 0.717) is 12.1 Å². The molecule has 2 unspecified atom stereocenters. The van der Waals surface area contributed by atoms with Gasteiger partial charge in [0.05, 0.1) is 5.57 Å². The second kappa shape index (κ2) is 10.8. The van der Waals surface area contributed by atoms with E-state index in [1.807, 2.05) is 0 Å². The number of benzene rings is 1. The van der Waals surface area contributed by atoms with Crippen LogP contribution in [0.1, 0.15) is 25.0 Å². The van der Waals surface area contributed by atoms with Crippen molar-refractivity contribution >= 4 is 18.2 Å². The van der Waals surface area contributed by atoms with Crippen LogP contribution in [-0.2, 0) is 23.8 Å². The summed E-state index contributed by atoms with van der Waals surface area (Å²) < 4.78 is 101. The van der Waals surface area contributed by atoms with E-state index >= 15 is 0 Å². The van der Waals surface area contributed by atoms with Gasteiger partial charge in [0.15, 0.2) is 0 Å². The van der Waals surface area contributed by atoms with Crippen LogP contribution in [0.4, 0.5) is 31.1 Å². The number of carbonyl (C=O) groups is 2. The van der Waals surface area contributed by atoms with Gasteiger partial charge in [-0.05, 0) is 37.6 Å². The van der Waals surface area contributed by atoms with Crippen molar-refractivity contribution in [3.63, 3.8) is 0 Å². The van der Waals surface area contributed by atoms with Crippen LogP contribution in [0.25, 0.3) is 6.08 Å². The van der Waals surface area contributed by atoms with Gasteiger partial charge < -0.3 is 28.5 Å². The first kappa shape index (κ1) is 28.3. The van der Waals surface area contributed by atoms with Gasteiger partial charge in [-0.1, -0.05) is 0 Å². The first-order valence-electron chi connectivity index (χ1n) is 9.67. The third kappa shape index (κ3) is 8.09. The van der Waals surface area contributed by atoms with Gasteiger partial charge in [-0.15, -0.1) is 23.3 Å². The second-order valence-electron chi connectivity index (χ2n) is 7.13. The zero-order valence-electron chi connectivity index (χ0n) is 18.5. The number of hydrogen-bond donors (Lipinski definition) is 0. The molecule has 1 aromatic rings. The molecule has 0 bridgehead atoms. The average Bonchev–Trinajstić information content (AvgIpc) is 2.69. The number of esters is 1. The van der Waals surface area contributed by atoms with E-state index in [1.165, 1.54) is 13.8 Å². The number of rotatable bonds is 8. The molecule has 0 amide bonds. The molecule has 200 valence electrons. The van der Waals surface area contributed by atoms with Crippen LogP contribution < -0.4 is 9.47 Å². The molecular weight excluding hydrogens is 516 g/mol. The highest BCUT2D eigenvalue weighted by Gasteiger charge is 2.49. The van der Waals surface area contributed by atoms with Crippen LogP contribution >= 0.6 is 0 Å². The Bertz CT molecular complexity index is 1040. The first-order chi connectivity index (χ1) is 16.5. The normalized spacial score (nSPS) is 16.9. The number of aryl methyl sites for hydroxylation is 1. The minimum absolute atomic E-state index is 0.140. The molecule has 1 aliphatic heterocycles. The van der Waals surface area contributed by atoms with Crippen molar-refractivity contribution < 1.29 is 69.5 Å². The lowest BCUT2D eigenvalue weighted by Crippen LogP contribution is -2.41. The van der Waals surface area contributed by atoms with Crippen LogP contribution in [0.15, 0.2) is 17.7 Å². The lowest BCUT2D eigenvalue weighted by atomic mass is 9.99. The molecule has 1 heterocycles. The lowest BCUT2D eigenvalue weighted by Gasteiger charge is -2.29. The standard InChI is InChI=1S/C19H17F6NO10/c1-8-4-12(36-19(23,24)25)5-11-6-13(15(18(20,21)22)35-14(8)11)16(27)33-10(3)34-17(28)32-9(2)7-31-26(29)30/h4-6,9-10,15H,7H2,1-3H3/t9-,10?,15?/m0/s1. The summed E-state index contributed by atoms with van der Waals surface area (Å²) in [6.07, 6.45) is -17.0. The minimum atomic E-state index is -5.15. The maximum Gasteiger partial charge on any atom is 0.573 e. The van der Waals surface area contributed by atoms with E-state index in [4.69, 9.17) is 4.74 Å². The van der Waals surface area contributed by atoms with Gasteiger partial charge in [0.25, 0.3) is 5.09 Å². The molecule has 0 fully saturated rings. The Labute approximate surface area is 197 Å². The number of hydrogen-bond acceptors (Lipinski definition) is 10. The predicted molar refractivity (Wildman–Crippen MR) is 102 cm³/mol. The zero-order valence-corrected chi connectivity index (χ0v) is 18.5. The SMILES string of the molecule is Cc1cc(OC(F)(F)F)cc2c1OC(C(F)(F)F)C(C(=O)OC(C)OC(=O)O[C@@H](C)CO[N+](=O)[O-])=C2. The molecule has 0 aliphatic carbocycles. The van der Waals surface area contributed by atoms with E-state index in [1.54, 1.807) is 0 Å². The number of carbonyl (C=O) groups excluding carboxylic acids is 2. The summed E-state index contributed by atoms with van der Waals surface area (Å²) in [5.41, 5.74) is -1.64. The molecular formula is C19H17F6NO10. The molecule has 1 aromatic carbocycles. The first-order valence-corrected chi connectivity index (χ1v) is 9.67. The fraction of sp³-hybridized carbons (Fsp3) is 0.474. The topological polar surface area (TPSA) is 133 Å². The van der Waals surface area contributed by atoms with Crippen molar-refractivity contribution in [2.75, 3.05) is 6.61 Å². The summed E-state index contributed by atoms with van der Waals surface area (Å²) in [6.45, 7) is 2.64. The van der Waals surface area contributed by atoms with Crippen LogP contribution in [0, 0.1) is 17.0 Å². The number of ether oxygens (including phenoxy) is 5. The molecule has 0 N–H and O–H groups in total. The van der Waals surface area contributed by atoms with Gasteiger partial charge in [-0.3, -0.25) is 0 Å². The largest absolute Gasteiger partial charge is 0.573 e.